The molecule has 1 aromatic rings. The normalized spacial score (nSPS) is 13.3. The lowest BCUT2D eigenvalue weighted by atomic mass is 10.2. The van der Waals surface area contributed by atoms with E-state index in [1.165, 1.54) is 17.4 Å². The average molecular weight is 282 g/mol. The van der Waals surface area contributed by atoms with Crippen LogP contribution in [0.5, 0.6) is 0 Å². The Bertz CT molecular complexity index is 588. The van der Waals surface area contributed by atoms with Crippen molar-refractivity contribution in [3.63, 3.8) is 0 Å². The van der Waals surface area contributed by atoms with Crippen LogP contribution in [0.25, 0.3) is 0 Å². The van der Waals surface area contributed by atoms with Crippen molar-refractivity contribution in [3.05, 3.63) is 29.3 Å². The summed E-state index contributed by atoms with van der Waals surface area (Å²) < 4.78 is 25.9. The molecule has 0 aliphatic rings. The van der Waals surface area contributed by atoms with E-state index in [2.05, 4.69) is 0 Å². The molecule has 0 saturated heterocycles. The molecule has 1 atom stereocenters. The summed E-state index contributed by atoms with van der Waals surface area (Å²) in [5.41, 5.74) is 0.913. The lowest BCUT2D eigenvalue weighted by Crippen LogP contribution is -2.30. The molecule has 1 unspecified atom stereocenters. The number of aryl methyl sites for hydroxylation is 1. The highest BCUT2D eigenvalue weighted by molar-refractivity contribution is 7.89. The summed E-state index contributed by atoms with van der Waals surface area (Å²) >= 11 is 0. The van der Waals surface area contributed by atoms with Crippen molar-refractivity contribution in [1.82, 2.24) is 4.31 Å². The van der Waals surface area contributed by atoms with E-state index in [-0.39, 0.29) is 11.4 Å². The van der Waals surface area contributed by atoms with E-state index >= 15 is 0 Å². The van der Waals surface area contributed by atoms with Crippen LogP contribution in [0, 0.1) is 18.3 Å². The SMILES string of the molecule is Cc1ccc(C#N)cc1S(=O)(=O)N(C)CCC(C)O. The van der Waals surface area contributed by atoms with Gasteiger partial charge in [-0.2, -0.15) is 5.26 Å². The Kier molecular flexibility index (Phi) is 5.06. The van der Waals surface area contributed by atoms with Gasteiger partial charge in [-0.15, -0.1) is 0 Å². The molecular weight excluding hydrogens is 264 g/mol. The molecule has 0 aromatic heterocycles. The molecule has 5 nitrogen and oxygen atoms in total. The van der Waals surface area contributed by atoms with Crippen LogP contribution in [0.3, 0.4) is 0 Å². The molecule has 0 radical (unpaired) electrons. The van der Waals surface area contributed by atoms with Gasteiger partial charge in [-0.25, -0.2) is 12.7 Å². The van der Waals surface area contributed by atoms with Crippen LogP contribution in [-0.4, -0.2) is 37.5 Å². The zero-order valence-electron chi connectivity index (χ0n) is 11.3. The molecule has 0 saturated carbocycles. The number of nitrogens with zero attached hydrogens (tertiary/aromatic N) is 2. The zero-order valence-corrected chi connectivity index (χ0v) is 12.1. The standard InChI is InChI=1S/C13H18N2O3S/c1-10-4-5-12(9-14)8-13(10)19(17,18)15(3)7-6-11(2)16/h4-5,8,11,16H,6-7H2,1-3H3. The van der Waals surface area contributed by atoms with Crippen LogP contribution in [0.4, 0.5) is 0 Å². The van der Waals surface area contributed by atoms with Gasteiger partial charge in [-0.3, -0.25) is 0 Å². The number of aliphatic hydroxyl groups is 1. The third-order valence-electron chi connectivity index (χ3n) is 2.87. The van der Waals surface area contributed by atoms with Gasteiger partial charge >= 0.3 is 0 Å². The minimum Gasteiger partial charge on any atom is -0.393 e. The molecule has 0 aliphatic carbocycles. The van der Waals surface area contributed by atoms with Crippen molar-refractivity contribution >= 4 is 10.0 Å². The third-order valence-corrected chi connectivity index (χ3v) is 4.87. The molecule has 0 amide bonds. The lowest BCUT2D eigenvalue weighted by Gasteiger charge is -2.19. The third kappa shape index (κ3) is 3.77. The smallest absolute Gasteiger partial charge is 0.243 e. The van der Waals surface area contributed by atoms with Crippen LogP contribution < -0.4 is 0 Å². The largest absolute Gasteiger partial charge is 0.393 e. The van der Waals surface area contributed by atoms with Crippen molar-refractivity contribution in [3.8, 4) is 6.07 Å². The second-order valence-corrected chi connectivity index (χ2v) is 6.57. The number of benzene rings is 1. The van der Waals surface area contributed by atoms with Crippen molar-refractivity contribution in [2.75, 3.05) is 13.6 Å². The molecule has 0 heterocycles. The molecule has 1 N–H and O–H groups in total. The predicted molar refractivity (Wildman–Crippen MR) is 72.0 cm³/mol. The summed E-state index contributed by atoms with van der Waals surface area (Å²) in [5.74, 6) is 0. The Morgan fingerprint density at radius 1 is 1.47 bits per heavy atom. The Morgan fingerprint density at radius 3 is 2.63 bits per heavy atom. The maximum absolute atomic E-state index is 12.4. The Balaban J connectivity index is 3.10. The highest BCUT2D eigenvalue weighted by Gasteiger charge is 2.23. The van der Waals surface area contributed by atoms with Crippen molar-refractivity contribution in [2.45, 2.75) is 31.3 Å². The quantitative estimate of drug-likeness (QED) is 0.881. The van der Waals surface area contributed by atoms with Crippen LogP contribution >= 0.6 is 0 Å². The minimum absolute atomic E-state index is 0.139. The molecule has 0 spiro atoms. The molecule has 6 heteroatoms. The zero-order chi connectivity index (χ0) is 14.6. The first-order chi connectivity index (χ1) is 8.78. The van der Waals surface area contributed by atoms with E-state index in [1.807, 2.05) is 6.07 Å². The average Bonchev–Trinajstić information content (AvgIpc) is 2.36. The van der Waals surface area contributed by atoms with Crippen molar-refractivity contribution in [2.24, 2.45) is 0 Å². The fourth-order valence-corrected chi connectivity index (χ4v) is 3.04. The summed E-state index contributed by atoms with van der Waals surface area (Å²) in [4.78, 5) is 0.139. The molecule has 19 heavy (non-hydrogen) atoms. The van der Waals surface area contributed by atoms with E-state index in [4.69, 9.17) is 5.26 Å². The van der Waals surface area contributed by atoms with E-state index in [1.54, 1.807) is 26.0 Å². The number of aliphatic hydroxyl groups excluding tert-OH is 1. The highest BCUT2D eigenvalue weighted by Crippen LogP contribution is 2.20. The maximum atomic E-state index is 12.4. The summed E-state index contributed by atoms with van der Waals surface area (Å²) in [6, 6.07) is 6.52. The van der Waals surface area contributed by atoms with Crippen LogP contribution in [0.15, 0.2) is 23.1 Å². The Hall–Kier alpha value is -1.42. The van der Waals surface area contributed by atoms with Gasteiger partial charge in [0, 0.05) is 13.6 Å². The number of hydrogen-bond acceptors (Lipinski definition) is 4. The molecule has 1 rings (SSSR count). The maximum Gasteiger partial charge on any atom is 0.243 e. The second kappa shape index (κ2) is 6.15. The summed E-state index contributed by atoms with van der Waals surface area (Å²) in [7, 11) is -2.16. The summed E-state index contributed by atoms with van der Waals surface area (Å²) in [6.07, 6.45) is -0.184. The topological polar surface area (TPSA) is 81.4 Å². The number of nitriles is 1. The van der Waals surface area contributed by atoms with Gasteiger partial charge < -0.3 is 5.11 Å². The first-order valence-electron chi connectivity index (χ1n) is 5.94. The lowest BCUT2D eigenvalue weighted by molar-refractivity contribution is 0.177. The van der Waals surface area contributed by atoms with Gasteiger partial charge in [-0.05, 0) is 38.0 Å². The Morgan fingerprint density at radius 2 is 2.11 bits per heavy atom. The first kappa shape index (κ1) is 15.6. The first-order valence-corrected chi connectivity index (χ1v) is 7.38. The van der Waals surface area contributed by atoms with Crippen molar-refractivity contribution < 1.29 is 13.5 Å². The number of sulfonamides is 1. The predicted octanol–water partition coefficient (Wildman–Crippen LogP) is 1.26. The molecule has 1 aromatic carbocycles. The molecule has 104 valence electrons. The van der Waals surface area contributed by atoms with E-state index in [0.717, 1.165) is 0 Å². The summed E-state index contributed by atoms with van der Waals surface area (Å²) in [6.45, 7) is 3.54. The van der Waals surface area contributed by atoms with Crippen LogP contribution in [0.2, 0.25) is 0 Å². The molecule has 0 bridgehead atoms. The van der Waals surface area contributed by atoms with Crippen molar-refractivity contribution in [1.29, 1.82) is 5.26 Å². The minimum atomic E-state index is -3.63. The van der Waals surface area contributed by atoms with Gasteiger partial charge in [0.05, 0.1) is 22.6 Å². The number of hydrogen-bond donors (Lipinski definition) is 1. The fourth-order valence-electron chi connectivity index (χ4n) is 1.60. The van der Waals surface area contributed by atoms with Gasteiger partial charge in [0.2, 0.25) is 10.0 Å². The fraction of sp³-hybridized carbons (Fsp3) is 0.462. The van der Waals surface area contributed by atoms with Gasteiger partial charge in [0.1, 0.15) is 0 Å². The van der Waals surface area contributed by atoms with E-state index in [9.17, 15) is 13.5 Å². The summed E-state index contributed by atoms with van der Waals surface area (Å²) in [5, 5.41) is 18.1. The highest BCUT2D eigenvalue weighted by atomic mass is 32.2. The second-order valence-electron chi connectivity index (χ2n) is 4.56. The van der Waals surface area contributed by atoms with Gasteiger partial charge in [0.15, 0.2) is 0 Å². The monoisotopic (exact) mass is 282 g/mol. The van der Waals surface area contributed by atoms with Crippen LogP contribution in [-0.2, 0) is 10.0 Å². The van der Waals surface area contributed by atoms with Gasteiger partial charge in [-0.1, -0.05) is 6.07 Å². The van der Waals surface area contributed by atoms with Gasteiger partial charge in [0.25, 0.3) is 0 Å². The number of rotatable bonds is 5. The molecular formula is C13H18N2O3S. The molecule has 0 fully saturated rings. The van der Waals surface area contributed by atoms with E-state index in [0.29, 0.717) is 17.5 Å². The van der Waals surface area contributed by atoms with Crippen LogP contribution in [0.1, 0.15) is 24.5 Å². The Labute approximate surface area is 114 Å². The molecule has 0 aliphatic heterocycles. The van der Waals surface area contributed by atoms with E-state index < -0.39 is 16.1 Å².